The molecule has 506 valence electrons. The summed E-state index contributed by atoms with van der Waals surface area (Å²) in [5, 5.41) is 87.3. The highest BCUT2D eigenvalue weighted by molar-refractivity contribution is 5.76. The molecule has 2 aliphatic heterocycles. The molecule has 0 radical (unpaired) electrons. The molecule has 1 amide bonds. The van der Waals surface area contributed by atoms with Gasteiger partial charge in [0.25, 0.3) is 0 Å². The van der Waals surface area contributed by atoms with E-state index >= 15 is 0 Å². The standard InChI is InChI=1S/C74H127NO13/c1-3-5-7-9-11-13-15-17-19-20-21-22-23-24-25-26-27-28-29-30-31-32-33-34-35-36-37-38-39-40-41-42-44-46-48-50-52-54-56-58-66(79)75-62(63(78)57-55-53-51-49-47-45-43-18-16-14-12-10-8-6-4-2)61-85-73-71(84)69(82)72(65(60-77)87-73)88-74-70(83)68(81)67(80)64(59-76)86-74/h5,7,11,13,17,19,21-22,24-25,27-28,30-31,33-34,55,57,62-65,67-74,76-78,80-84H,3-4,6,8-10,12,14-16,18,20,23,26,29,32,35-54,56,58-61H2,1-2H3,(H,75,79)/b7-5-,13-11-,19-17-,22-21-,25-24-,28-27-,31-30-,34-33-,57-55+. The molecule has 2 saturated heterocycles. The van der Waals surface area contributed by atoms with Gasteiger partial charge in [-0.05, 0) is 83.5 Å². The van der Waals surface area contributed by atoms with Gasteiger partial charge >= 0.3 is 0 Å². The first-order valence-corrected chi connectivity index (χ1v) is 35.1. The van der Waals surface area contributed by atoms with Crippen LogP contribution in [0.2, 0.25) is 0 Å². The Kier molecular flexibility index (Phi) is 52.8. The van der Waals surface area contributed by atoms with Crippen molar-refractivity contribution in [3.63, 3.8) is 0 Å². The summed E-state index contributed by atoms with van der Waals surface area (Å²) >= 11 is 0. The molecular weight excluding hydrogens is 1110 g/mol. The van der Waals surface area contributed by atoms with Gasteiger partial charge < -0.3 is 65.1 Å². The molecule has 12 unspecified atom stereocenters. The molecule has 2 fully saturated rings. The largest absolute Gasteiger partial charge is 0.394 e. The molecule has 88 heavy (non-hydrogen) atoms. The molecule has 0 saturated carbocycles. The van der Waals surface area contributed by atoms with Gasteiger partial charge in [0, 0.05) is 6.42 Å². The van der Waals surface area contributed by atoms with Crippen LogP contribution in [0.3, 0.4) is 0 Å². The molecule has 2 heterocycles. The first-order chi connectivity index (χ1) is 43.1. The Labute approximate surface area is 534 Å². The first-order valence-electron chi connectivity index (χ1n) is 35.1. The van der Waals surface area contributed by atoms with E-state index in [1.54, 1.807) is 6.08 Å². The number of nitrogens with one attached hydrogen (secondary N) is 1. The SMILES string of the molecule is CC/C=C\C/C=C\C/C=C\C/C=C\C/C=C\C/C=C\C/C=C\C/C=C\CCCCCCCCCCCCCCCCC(=O)NC(COC1OC(CO)C(OC2OC(CO)C(O)C(O)C2O)C(O)C1O)C(O)/C=C/CCCCCCCCCCCCCCC. The number of carbonyl (C=O) groups is 1. The van der Waals surface area contributed by atoms with Crippen LogP contribution in [-0.2, 0) is 23.7 Å². The molecule has 0 spiro atoms. The van der Waals surface area contributed by atoms with E-state index in [1.165, 1.54) is 141 Å². The highest BCUT2D eigenvalue weighted by atomic mass is 16.7. The topological polar surface area (TPSA) is 228 Å². The van der Waals surface area contributed by atoms with Crippen LogP contribution in [0.5, 0.6) is 0 Å². The van der Waals surface area contributed by atoms with Crippen molar-refractivity contribution in [2.45, 2.75) is 331 Å². The van der Waals surface area contributed by atoms with Gasteiger partial charge in [-0.15, -0.1) is 0 Å². The summed E-state index contributed by atoms with van der Waals surface area (Å²) in [4.78, 5) is 13.3. The lowest BCUT2D eigenvalue weighted by atomic mass is 9.97. The van der Waals surface area contributed by atoms with Crippen LogP contribution in [0.15, 0.2) is 109 Å². The highest BCUT2D eigenvalue weighted by Crippen LogP contribution is 2.30. The zero-order valence-electron chi connectivity index (χ0n) is 54.9. The van der Waals surface area contributed by atoms with Crippen molar-refractivity contribution in [2.24, 2.45) is 0 Å². The van der Waals surface area contributed by atoms with E-state index in [0.29, 0.717) is 6.42 Å². The minimum atomic E-state index is -1.79. The zero-order valence-corrected chi connectivity index (χ0v) is 54.9. The van der Waals surface area contributed by atoms with E-state index < -0.39 is 86.8 Å². The van der Waals surface area contributed by atoms with Crippen LogP contribution >= 0.6 is 0 Å². The van der Waals surface area contributed by atoms with Gasteiger partial charge in [-0.3, -0.25) is 4.79 Å². The normalized spacial score (nSPS) is 23.8. The minimum Gasteiger partial charge on any atom is -0.394 e. The average Bonchev–Trinajstić information content (AvgIpc) is 2.99. The monoisotopic (exact) mass is 1240 g/mol. The summed E-state index contributed by atoms with van der Waals surface area (Å²) in [6.07, 6.45) is 65.7. The van der Waals surface area contributed by atoms with E-state index in [2.05, 4.69) is 116 Å². The minimum absolute atomic E-state index is 0.242. The van der Waals surface area contributed by atoms with Crippen molar-refractivity contribution in [1.82, 2.24) is 5.32 Å². The van der Waals surface area contributed by atoms with Crippen molar-refractivity contribution in [2.75, 3.05) is 19.8 Å². The zero-order chi connectivity index (χ0) is 63.8. The van der Waals surface area contributed by atoms with Crippen molar-refractivity contribution in [3.8, 4) is 0 Å². The molecule has 0 bridgehead atoms. The fourth-order valence-corrected chi connectivity index (χ4v) is 10.9. The summed E-state index contributed by atoms with van der Waals surface area (Å²) < 4.78 is 22.8. The van der Waals surface area contributed by atoms with Crippen LogP contribution in [-0.4, -0.2) is 140 Å². The lowest BCUT2D eigenvalue weighted by Crippen LogP contribution is -2.65. The number of hydrogen-bond donors (Lipinski definition) is 9. The number of rotatable bonds is 56. The number of allylic oxidation sites excluding steroid dienone is 17. The van der Waals surface area contributed by atoms with Gasteiger partial charge in [0.2, 0.25) is 5.91 Å². The van der Waals surface area contributed by atoms with Gasteiger partial charge in [0.1, 0.15) is 48.8 Å². The third-order valence-corrected chi connectivity index (χ3v) is 16.5. The van der Waals surface area contributed by atoms with E-state index in [0.717, 1.165) is 89.9 Å². The number of amides is 1. The Balaban J connectivity index is 1.61. The molecule has 0 aliphatic carbocycles. The number of unbranched alkanes of at least 4 members (excludes halogenated alkanes) is 27. The maximum absolute atomic E-state index is 13.3. The van der Waals surface area contributed by atoms with Gasteiger partial charge in [-0.2, -0.15) is 0 Å². The Morgan fingerprint density at radius 1 is 0.420 bits per heavy atom. The van der Waals surface area contributed by atoms with Crippen LogP contribution in [0, 0.1) is 0 Å². The van der Waals surface area contributed by atoms with Crippen molar-refractivity contribution >= 4 is 5.91 Å². The maximum Gasteiger partial charge on any atom is 0.220 e. The fraction of sp³-hybridized carbons (Fsp3) is 0.743. The quantitative estimate of drug-likeness (QED) is 0.0204. The Hall–Kier alpha value is -3.35. The number of ether oxygens (including phenoxy) is 4. The highest BCUT2D eigenvalue weighted by Gasteiger charge is 2.51. The van der Waals surface area contributed by atoms with Crippen LogP contribution in [0.25, 0.3) is 0 Å². The number of aliphatic hydroxyl groups is 8. The summed E-state index contributed by atoms with van der Waals surface area (Å²) in [5.74, 6) is -0.242. The average molecular weight is 1240 g/mol. The van der Waals surface area contributed by atoms with Crippen LogP contribution in [0.1, 0.15) is 258 Å². The Morgan fingerprint density at radius 3 is 1.20 bits per heavy atom. The van der Waals surface area contributed by atoms with Crippen LogP contribution < -0.4 is 5.32 Å². The Morgan fingerprint density at radius 2 is 0.784 bits per heavy atom. The first kappa shape index (κ1) is 80.7. The molecule has 2 aliphatic rings. The summed E-state index contributed by atoms with van der Waals surface area (Å²) in [6.45, 7) is 2.69. The third kappa shape index (κ3) is 41.2. The second-order valence-electron chi connectivity index (χ2n) is 24.3. The van der Waals surface area contributed by atoms with Gasteiger partial charge in [-0.1, -0.05) is 277 Å². The maximum atomic E-state index is 13.3. The van der Waals surface area contributed by atoms with Crippen molar-refractivity contribution < 1.29 is 64.6 Å². The van der Waals surface area contributed by atoms with Crippen LogP contribution in [0.4, 0.5) is 0 Å². The van der Waals surface area contributed by atoms with E-state index in [4.69, 9.17) is 18.9 Å². The van der Waals surface area contributed by atoms with Gasteiger partial charge in [0.15, 0.2) is 12.6 Å². The lowest BCUT2D eigenvalue weighted by molar-refractivity contribution is -0.359. The number of carbonyl (C=O) groups excluding carboxylic acids is 1. The smallest absolute Gasteiger partial charge is 0.220 e. The lowest BCUT2D eigenvalue weighted by Gasteiger charge is -2.46. The molecule has 12 atom stereocenters. The summed E-state index contributed by atoms with van der Waals surface area (Å²) in [7, 11) is 0. The van der Waals surface area contributed by atoms with E-state index in [9.17, 15) is 45.6 Å². The number of hydrogen-bond acceptors (Lipinski definition) is 13. The van der Waals surface area contributed by atoms with Crippen molar-refractivity contribution in [1.29, 1.82) is 0 Å². The Bertz CT molecular complexity index is 1890. The molecule has 14 heteroatoms. The van der Waals surface area contributed by atoms with Gasteiger partial charge in [0.05, 0.1) is 32.0 Å². The molecule has 14 nitrogen and oxygen atoms in total. The third-order valence-electron chi connectivity index (χ3n) is 16.5. The molecule has 0 aromatic rings. The summed E-state index contributed by atoms with van der Waals surface area (Å²) in [5.41, 5.74) is 0. The summed E-state index contributed by atoms with van der Waals surface area (Å²) in [6, 6.07) is -0.920. The van der Waals surface area contributed by atoms with Gasteiger partial charge in [-0.25, -0.2) is 0 Å². The van der Waals surface area contributed by atoms with E-state index in [1.807, 2.05) is 6.08 Å². The molecule has 2 rings (SSSR count). The van der Waals surface area contributed by atoms with Crippen molar-refractivity contribution in [3.05, 3.63) is 109 Å². The molecular formula is C74H127NO13. The predicted molar refractivity (Wildman–Crippen MR) is 359 cm³/mol. The second-order valence-corrected chi connectivity index (χ2v) is 24.3. The second kappa shape index (κ2) is 57.5. The molecule has 9 N–H and O–H groups in total. The predicted octanol–water partition coefficient (Wildman–Crippen LogP) is 14.3. The molecule has 0 aromatic carbocycles. The van der Waals surface area contributed by atoms with E-state index in [-0.39, 0.29) is 18.9 Å². The molecule has 0 aromatic heterocycles. The fourth-order valence-electron chi connectivity index (χ4n) is 10.9. The number of aliphatic hydroxyl groups excluding tert-OH is 8.